The highest BCUT2D eigenvalue weighted by molar-refractivity contribution is 6.04. The van der Waals surface area contributed by atoms with Crippen LogP contribution in [0.25, 0.3) is 0 Å². The molecule has 0 atom stereocenters. The van der Waals surface area contributed by atoms with Crippen molar-refractivity contribution in [1.82, 2.24) is 4.90 Å². The van der Waals surface area contributed by atoms with E-state index in [1.165, 1.54) is 11.1 Å². The van der Waals surface area contributed by atoms with Crippen LogP contribution in [0.4, 0.5) is 0 Å². The summed E-state index contributed by atoms with van der Waals surface area (Å²) in [6, 6.07) is 4.15. The van der Waals surface area contributed by atoms with E-state index < -0.39 is 5.54 Å². The Balaban J connectivity index is 2.32. The standard InChI is InChI=1S/C17H25NO2/c1-12-10-14(3)15(11-13(12)2)16(19)17(4,5)18-6-8-20-9-7-18/h10-11H,6-9H2,1-5H3. The number of ketones is 1. The van der Waals surface area contributed by atoms with E-state index in [0.29, 0.717) is 13.2 Å². The smallest absolute Gasteiger partial charge is 0.182 e. The van der Waals surface area contributed by atoms with Gasteiger partial charge in [-0.1, -0.05) is 6.07 Å². The predicted molar refractivity (Wildman–Crippen MR) is 81.5 cm³/mol. The van der Waals surface area contributed by atoms with Crippen molar-refractivity contribution in [3.8, 4) is 0 Å². The fourth-order valence-corrected chi connectivity index (χ4v) is 2.80. The van der Waals surface area contributed by atoms with Crippen molar-refractivity contribution < 1.29 is 9.53 Å². The highest BCUT2D eigenvalue weighted by Crippen LogP contribution is 2.25. The highest BCUT2D eigenvalue weighted by Gasteiger charge is 2.36. The summed E-state index contributed by atoms with van der Waals surface area (Å²) in [4.78, 5) is 15.2. The van der Waals surface area contributed by atoms with Gasteiger partial charge >= 0.3 is 0 Å². The monoisotopic (exact) mass is 275 g/mol. The quantitative estimate of drug-likeness (QED) is 0.794. The summed E-state index contributed by atoms with van der Waals surface area (Å²) in [7, 11) is 0. The van der Waals surface area contributed by atoms with Crippen LogP contribution in [-0.2, 0) is 4.74 Å². The molecule has 1 aromatic rings. The van der Waals surface area contributed by atoms with E-state index in [2.05, 4.69) is 24.8 Å². The number of morpholine rings is 1. The van der Waals surface area contributed by atoms with Crippen LogP contribution in [0.5, 0.6) is 0 Å². The van der Waals surface area contributed by atoms with E-state index in [1.807, 2.05) is 26.8 Å². The lowest BCUT2D eigenvalue weighted by molar-refractivity contribution is -0.00432. The Morgan fingerprint density at radius 3 is 2.20 bits per heavy atom. The Kier molecular flexibility index (Phi) is 4.31. The Morgan fingerprint density at radius 1 is 1.05 bits per heavy atom. The average Bonchev–Trinajstić information content (AvgIpc) is 2.43. The van der Waals surface area contributed by atoms with Crippen molar-refractivity contribution in [2.45, 2.75) is 40.2 Å². The van der Waals surface area contributed by atoms with Crippen molar-refractivity contribution in [3.63, 3.8) is 0 Å². The van der Waals surface area contributed by atoms with Gasteiger partial charge in [-0.25, -0.2) is 0 Å². The average molecular weight is 275 g/mol. The number of benzene rings is 1. The molecule has 2 rings (SSSR count). The van der Waals surface area contributed by atoms with E-state index in [1.54, 1.807) is 0 Å². The minimum absolute atomic E-state index is 0.208. The first-order valence-corrected chi connectivity index (χ1v) is 7.29. The molecule has 1 heterocycles. The molecule has 110 valence electrons. The molecule has 0 unspecified atom stereocenters. The SMILES string of the molecule is Cc1cc(C)c(C(=O)C(C)(C)N2CCOCC2)cc1C. The Morgan fingerprint density at radius 2 is 1.60 bits per heavy atom. The molecule has 0 spiro atoms. The van der Waals surface area contributed by atoms with E-state index in [0.717, 1.165) is 24.2 Å². The van der Waals surface area contributed by atoms with E-state index in [4.69, 9.17) is 4.74 Å². The Hall–Kier alpha value is -1.19. The lowest BCUT2D eigenvalue weighted by Gasteiger charge is -2.39. The third-order valence-electron chi connectivity index (χ3n) is 4.44. The van der Waals surface area contributed by atoms with Gasteiger partial charge in [0.15, 0.2) is 5.78 Å². The number of carbonyl (C=O) groups excluding carboxylic acids is 1. The van der Waals surface area contributed by atoms with Crippen LogP contribution in [0.2, 0.25) is 0 Å². The molecule has 3 heteroatoms. The first-order valence-electron chi connectivity index (χ1n) is 7.29. The Labute approximate surface area is 121 Å². The highest BCUT2D eigenvalue weighted by atomic mass is 16.5. The maximum Gasteiger partial charge on any atom is 0.182 e. The van der Waals surface area contributed by atoms with Crippen molar-refractivity contribution >= 4 is 5.78 Å². The summed E-state index contributed by atoms with van der Waals surface area (Å²) >= 11 is 0. The number of rotatable bonds is 3. The van der Waals surface area contributed by atoms with Crippen molar-refractivity contribution in [2.24, 2.45) is 0 Å². The van der Waals surface area contributed by atoms with Crippen LogP contribution in [-0.4, -0.2) is 42.5 Å². The first kappa shape index (κ1) is 15.2. The fraction of sp³-hybridized carbons (Fsp3) is 0.588. The second kappa shape index (κ2) is 5.66. The zero-order valence-electron chi connectivity index (χ0n) is 13.2. The third-order valence-corrected chi connectivity index (χ3v) is 4.44. The van der Waals surface area contributed by atoms with Gasteiger partial charge in [0.2, 0.25) is 0 Å². The normalized spacial score (nSPS) is 17.2. The van der Waals surface area contributed by atoms with Gasteiger partial charge in [0.05, 0.1) is 18.8 Å². The molecule has 0 N–H and O–H groups in total. The molecular weight excluding hydrogens is 250 g/mol. The second-order valence-corrected chi connectivity index (χ2v) is 6.24. The number of aryl methyl sites for hydroxylation is 3. The fourth-order valence-electron chi connectivity index (χ4n) is 2.80. The molecule has 0 bridgehead atoms. The van der Waals surface area contributed by atoms with Crippen LogP contribution < -0.4 is 0 Å². The van der Waals surface area contributed by atoms with E-state index in [9.17, 15) is 4.79 Å². The topological polar surface area (TPSA) is 29.5 Å². The van der Waals surface area contributed by atoms with Gasteiger partial charge in [-0.3, -0.25) is 9.69 Å². The van der Waals surface area contributed by atoms with Crippen LogP contribution in [0.3, 0.4) is 0 Å². The van der Waals surface area contributed by atoms with Crippen LogP contribution >= 0.6 is 0 Å². The van der Waals surface area contributed by atoms with Crippen LogP contribution in [0, 0.1) is 20.8 Å². The van der Waals surface area contributed by atoms with Gasteiger partial charge in [-0.15, -0.1) is 0 Å². The number of ether oxygens (including phenoxy) is 1. The molecule has 3 nitrogen and oxygen atoms in total. The largest absolute Gasteiger partial charge is 0.379 e. The summed E-state index contributed by atoms with van der Waals surface area (Å²) < 4.78 is 5.39. The van der Waals surface area contributed by atoms with Crippen molar-refractivity contribution in [1.29, 1.82) is 0 Å². The lowest BCUT2D eigenvalue weighted by Crippen LogP contribution is -2.54. The number of hydrogen-bond donors (Lipinski definition) is 0. The molecule has 1 aliphatic heterocycles. The van der Waals surface area contributed by atoms with Gasteiger partial charge in [-0.2, -0.15) is 0 Å². The van der Waals surface area contributed by atoms with Gasteiger partial charge in [0.25, 0.3) is 0 Å². The van der Waals surface area contributed by atoms with Crippen LogP contribution in [0.1, 0.15) is 40.9 Å². The molecule has 20 heavy (non-hydrogen) atoms. The number of nitrogens with zero attached hydrogens (tertiary/aromatic N) is 1. The minimum Gasteiger partial charge on any atom is -0.379 e. The van der Waals surface area contributed by atoms with Gasteiger partial charge in [0, 0.05) is 18.7 Å². The minimum atomic E-state index is -0.476. The zero-order valence-corrected chi connectivity index (χ0v) is 13.2. The van der Waals surface area contributed by atoms with Gasteiger partial charge in [0.1, 0.15) is 0 Å². The molecule has 0 aromatic heterocycles. The predicted octanol–water partition coefficient (Wildman–Crippen LogP) is 2.91. The third kappa shape index (κ3) is 2.79. The summed E-state index contributed by atoms with van der Waals surface area (Å²) in [6.45, 7) is 13.3. The van der Waals surface area contributed by atoms with E-state index in [-0.39, 0.29) is 5.78 Å². The molecule has 0 radical (unpaired) electrons. The van der Waals surface area contributed by atoms with E-state index >= 15 is 0 Å². The zero-order chi connectivity index (χ0) is 14.9. The maximum absolute atomic E-state index is 13.0. The number of hydrogen-bond acceptors (Lipinski definition) is 3. The maximum atomic E-state index is 13.0. The van der Waals surface area contributed by atoms with Crippen LogP contribution in [0.15, 0.2) is 12.1 Å². The van der Waals surface area contributed by atoms with Crippen molar-refractivity contribution in [3.05, 3.63) is 34.4 Å². The van der Waals surface area contributed by atoms with Gasteiger partial charge < -0.3 is 4.74 Å². The van der Waals surface area contributed by atoms with Gasteiger partial charge in [-0.05, 0) is 57.4 Å². The Bertz CT molecular complexity index is 514. The second-order valence-electron chi connectivity index (χ2n) is 6.24. The summed E-state index contributed by atoms with van der Waals surface area (Å²) in [5, 5.41) is 0. The molecule has 1 fully saturated rings. The summed E-state index contributed by atoms with van der Waals surface area (Å²) in [6.07, 6.45) is 0. The summed E-state index contributed by atoms with van der Waals surface area (Å²) in [5.74, 6) is 0.208. The first-order chi connectivity index (χ1) is 9.34. The molecule has 1 aliphatic rings. The molecule has 0 aliphatic carbocycles. The molecular formula is C17H25NO2. The number of Topliss-reactive ketones (excluding diaryl/α,β-unsaturated/α-hetero) is 1. The number of carbonyl (C=O) groups is 1. The molecule has 0 saturated carbocycles. The molecule has 0 amide bonds. The van der Waals surface area contributed by atoms with Crippen molar-refractivity contribution in [2.75, 3.05) is 26.3 Å². The molecule has 1 saturated heterocycles. The summed E-state index contributed by atoms with van der Waals surface area (Å²) in [5.41, 5.74) is 3.86. The lowest BCUT2D eigenvalue weighted by atomic mass is 9.87. The molecule has 1 aromatic carbocycles.